The molecule has 0 bridgehead atoms. The number of carbonyl (C=O) groups is 2. The number of amides is 3. The molecule has 0 spiro atoms. The maximum atomic E-state index is 12.0. The van der Waals surface area contributed by atoms with E-state index in [4.69, 9.17) is 9.47 Å². The van der Waals surface area contributed by atoms with Crippen molar-refractivity contribution in [1.82, 2.24) is 10.6 Å². The van der Waals surface area contributed by atoms with Gasteiger partial charge in [0.15, 0.2) is 17.5 Å². The summed E-state index contributed by atoms with van der Waals surface area (Å²) in [4.78, 5) is 24.1. The van der Waals surface area contributed by atoms with Crippen molar-refractivity contribution in [2.75, 3.05) is 27.8 Å². The molecule has 7 heteroatoms. The fraction of sp³-hybridized carbons (Fsp3) is 0.500. The quantitative estimate of drug-likeness (QED) is 0.657. The van der Waals surface area contributed by atoms with Crippen LogP contribution in [0.4, 0.5) is 4.79 Å². The van der Waals surface area contributed by atoms with Crippen molar-refractivity contribution in [1.29, 1.82) is 0 Å². The highest BCUT2D eigenvalue weighted by molar-refractivity contribution is 5.96. The molecule has 23 heavy (non-hydrogen) atoms. The van der Waals surface area contributed by atoms with Gasteiger partial charge in [-0.15, -0.1) is 0 Å². The Kier molecular flexibility index (Phi) is 7.34. The molecule has 0 saturated carbocycles. The largest absolute Gasteiger partial charge is 0.493 e. The van der Waals surface area contributed by atoms with E-state index in [1.807, 2.05) is 32.2 Å². The number of carbonyl (C=O) groups excluding carboxylic acids is 2. The molecule has 0 aliphatic rings. The number of quaternary nitrogens is 1. The van der Waals surface area contributed by atoms with Crippen LogP contribution in [-0.2, 0) is 11.3 Å². The minimum absolute atomic E-state index is 0.320. The van der Waals surface area contributed by atoms with Crippen LogP contribution in [0.3, 0.4) is 0 Å². The van der Waals surface area contributed by atoms with E-state index in [-0.39, 0.29) is 11.9 Å². The first kappa shape index (κ1) is 18.8. The predicted molar refractivity (Wildman–Crippen MR) is 86.8 cm³/mol. The van der Waals surface area contributed by atoms with E-state index in [2.05, 4.69) is 10.6 Å². The Morgan fingerprint density at radius 1 is 1.30 bits per heavy atom. The highest BCUT2D eigenvalue weighted by atomic mass is 16.5. The second kappa shape index (κ2) is 8.99. The molecule has 7 nitrogen and oxygen atoms in total. The number of benzene rings is 1. The smallest absolute Gasteiger partial charge is 0.321 e. The summed E-state index contributed by atoms with van der Waals surface area (Å²) in [6.07, 6.45) is 0. The maximum Gasteiger partial charge on any atom is 0.321 e. The Labute approximate surface area is 136 Å². The SMILES string of the molecule is CCOc1ccc(C[NH+](C)[C@@H](C)C(=O)NC(=O)NC)cc1OC. The average Bonchev–Trinajstić information content (AvgIpc) is 2.55. The van der Waals surface area contributed by atoms with Crippen molar-refractivity contribution in [2.45, 2.75) is 26.4 Å². The van der Waals surface area contributed by atoms with Crippen LogP contribution in [0.1, 0.15) is 19.4 Å². The van der Waals surface area contributed by atoms with E-state index in [0.29, 0.717) is 24.7 Å². The van der Waals surface area contributed by atoms with Crippen molar-refractivity contribution < 1.29 is 24.0 Å². The van der Waals surface area contributed by atoms with Gasteiger partial charge in [0.1, 0.15) is 6.54 Å². The summed E-state index contributed by atoms with van der Waals surface area (Å²) in [7, 11) is 4.96. The third kappa shape index (κ3) is 5.45. The predicted octanol–water partition coefficient (Wildman–Crippen LogP) is -0.0473. The van der Waals surface area contributed by atoms with Gasteiger partial charge in [0.25, 0.3) is 5.91 Å². The van der Waals surface area contributed by atoms with E-state index in [1.54, 1.807) is 14.0 Å². The number of imide groups is 1. The number of ether oxygens (including phenoxy) is 2. The van der Waals surface area contributed by atoms with Gasteiger partial charge in [-0.1, -0.05) is 0 Å². The van der Waals surface area contributed by atoms with E-state index in [1.165, 1.54) is 7.05 Å². The number of hydrogen-bond donors (Lipinski definition) is 3. The van der Waals surface area contributed by atoms with Crippen molar-refractivity contribution in [2.24, 2.45) is 0 Å². The van der Waals surface area contributed by atoms with Crippen LogP contribution < -0.4 is 25.0 Å². The lowest BCUT2D eigenvalue weighted by molar-refractivity contribution is -0.908. The summed E-state index contributed by atoms with van der Waals surface area (Å²) in [5.74, 6) is 1.04. The van der Waals surface area contributed by atoms with E-state index >= 15 is 0 Å². The minimum atomic E-state index is -0.502. The Hall–Kier alpha value is -2.28. The van der Waals surface area contributed by atoms with Gasteiger partial charge < -0.3 is 19.7 Å². The fourth-order valence-electron chi connectivity index (χ4n) is 2.08. The molecule has 128 valence electrons. The highest BCUT2D eigenvalue weighted by Gasteiger charge is 2.23. The second-order valence-electron chi connectivity index (χ2n) is 5.23. The van der Waals surface area contributed by atoms with Crippen LogP contribution in [0.25, 0.3) is 0 Å². The standard InChI is InChI=1S/C16H25N3O4/c1-6-23-13-8-7-12(9-14(13)22-5)10-19(4)11(2)15(20)18-16(21)17-3/h7-9,11H,6,10H2,1-5H3,(H2,17,18,20,21)/p+1/t11-/m0/s1. The number of hydrogen-bond acceptors (Lipinski definition) is 4. The molecule has 1 rings (SSSR count). The molecule has 1 unspecified atom stereocenters. The van der Waals surface area contributed by atoms with E-state index in [9.17, 15) is 9.59 Å². The lowest BCUT2D eigenvalue weighted by atomic mass is 10.1. The van der Waals surface area contributed by atoms with Gasteiger partial charge in [-0.2, -0.15) is 0 Å². The zero-order valence-corrected chi connectivity index (χ0v) is 14.4. The minimum Gasteiger partial charge on any atom is -0.493 e. The Morgan fingerprint density at radius 2 is 2.00 bits per heavy atom. The molecule has 3 amide bonds. The third-order valence-corrected chi connectivity index (χ3v) is 3.61. The van der Waals surface area contributed by atoms with Crippen molar-refractivity contribution in [3.8, 4) is 11.5 Å². The summed E-state index contributed by atoms with van der Waals surface area (Å²) in [6.45, 7) is 4.88. The summed E-state index contributed by atoms with van der Waals surface area (Å²) < 4.78 is 10.8. The molecule has 0 aliphatic carbocycles. The molecule has 2 atom stereocenters. The number of likely N-dealkylation sites (N-methyl/N-ethyl adjacent to an activating group) is 1. The number of urea groups is 1. The van der Waals surface area contributed by atoms with Crippen LogP contribution in [-0.4, -0.2) is 45.8 Å². The van der Waals surface area contributed by atoms with Crippen molar-refractivity contribution in [3.05, 3.63) is 23.8 Å². The lowest BCUT2D eigenvalue weighted by Crippen LogP contribution is -3.12. The molecule has 0 fully saturated rings. The first-order valence-electron chi connectivity index (χ1n) is 7.57. The molecule has 0 aromatic heterocycles. The molecule has 0 aliphatic heterocycles. The molecule has 0 saturated heterocycles. The van der Waals surface area contributed by atoms with Crippen LogP contribution in [0.2, 0.25) is 0 Å². The average molecular weight is 324 g/mol. The Morgan fingerprint density at radius 3 is 2.57 bits per heavy atom. The molecular weight excluding hydrogens is 298 g/mol. The summed E-state index contributed by atoms with van der Waals surface area (Å²) in [6, 6.07) is 4.83. The number of rotatable bonds is 7. The van der Waals surface area contributed by atoms with Gasteiger partial charge >= 0.3 is 6.03 Å². The second-order valence-corrected chi connectivity index (χ2v) is 5.23. The topological polar surface area (TPSA) is 81.1 Å². The van der Waals surface area contributed by atoms with Gasteiger partial charge in [-0.05, 0) is 32.0 Å². The van der Waals surface area contributed by atoms with Gasteiger partial charge in [0, 0.05) is 12.6 Å². The maximum absolute atomic E-state index is 12.0. The molecular formula is C16H26N3O4+. The van der Waals surface area contributed by atoms with Crippen LogP contribution in [0.5, 0.6) is 11.5 Å². The Balaban J connectivity index is 2.74. The van der Waals surface area contributed by atoms with Gasteiger partial charge in [-0.25, -0.2) is 4.79 Å². The van der Waals surface area contributed by atoms with E-state index < -0.39 is 6.03 Å². The zero-order chi connectivity index (χ0) is 17.4. The van der Waals surface area contributed by atoms with Gasteiger partial charge in [0.05, 0.1) is 20.8 Å². The van der Waals surface area contributed by atoms with Crippen LogP contribution >= 0.6 is 0 Å². The summed E-state index contributed by atoms with van der Waals surface area (Å²) in [5.41, 5.74) is 1.02. The fourth-order valence-corrected chi connectivity index (χ4v) is 2.08. The van der Waals surface area contributed by atoms with Gasteiger partial charge in [0.2, 0.25) is 0 Å². The Bertz CT molecular complexity index is 548. The molecule has 3 N–H and O–H groups in total. The third-order valence-electron chi connectivity index (χ3n) is 3.61. The molecule has 0 radical (unpaired) electrons. The summed E-state index contributed by atoms with van der Waals surface area (Å²) >= 11 is 0. The van der Waals surface area contributed by atoms with Crippen molar-refractivity contribution in [3.63, 3.8) is 0 Å². The zero-order valence-electron chi connectivity index (χ0n) is 14.4. The van der Waals surface area contributed by atoms with Crippen LogP contribution in [0.15, 0.2) is 18.2 Å². The normalized spacial score (nSPS) is 12.9. The van der Waals surface area contributed by atoms with Crippen molar-refractivity contribution >= 4 is 11.9 Å². The number of nitrogens with one attached hydrogen (secondary N) is 3. The lowest BCUT2D eigenvalue weighted by Gasteiger charge is -2.21. The van der Waals surface area contributed by atoms with Gasteiger partial charge in [-0.3, -0.25) is 10.1 Å². The molecule has 1 aromatic rings. The number of methoxy groups -OCH3 is 1. The first-order valence-corrected chi connectivity index (χ1v) is 7.57. The van der Waals surface area contributed by atoms with Crippen LogP contribution in [0, 0.1) is 0 Å². The molecule has 0 heterocycles. The first-order chi connectivity index (χ1) is 10.9. The summed E-state index contributed by atoms with van der Waals surface area (Å²) in [5, 5.41) is 4.65. The molecule has 1 aromatic carbocycles. The highest BCUT2D eigenvalue weighted by Crippen LogP contribution is 2.27. The van der Waals surface area contributed by atoms with E-state index in [0.717, 1.165) is 10.5 Å². The monoisotopic (exact) mass is 324 g/mol.